The van der Waals surface area contributed by atoms with Crippen molar-refractivity contribution in [3.8, 4) is 11.3 Å². The van der Waals surface area contributed by atoms with Crippen molar-refractivity contribution in [3.05, 3.63) is 64.5 Å². The molecule has 0 bridgehead atoms. The van der Waals surface area contributed by atoms with Gasteiger partial charge < -0.3 is 10.6 Å². The zero-order valence-electron chi connectivity index (χ0n) is 16.3. The zero-order chi connectivity index (χ0) is 19.2. The molecule has 0 amide bonds. The van der Waals surface area contributed by atoms with Gasteiger partial charge in [-0.2, -0.15) is 0 Å². The normalized spacial score (nSPS) is 17.5. The summed E-state index contributed by atoms with van der Waals surface area (Å²) in [4.78, 5) is 13.0. The maximum atomic E-state index is 4.72. The van der Waals surface area contributed by atoms with Crippen molar-refractivity contribution in [3.63, 3.8) is 0 Å². The van der Waals surface area contributed by atoms with E-state index in [2.05, 4.69) is 69.2 Å². The number of piperazine rings is 1. The molecule has 1 atom stereocenters. The molecule has 28 heavy (non-hydrogen) atoms. The van der Waals surface area contributed by atoms with Gasteiger partial charge in [0.2, 0.25) is 5.95 Å². The highest BCUT2D eigenvalue weighted by molar-refractivity contribution is 7.09. The van der Waals surface area contributed by atoms with Gasteiger partial charge in [-0.05, 0) is 42.5 Å². The van der Waals surface area contributed by atoms with Crippen LogP contribution in [0.3, 0.4) is 0 Å². The highest BCUT2D eigenvalue weighted by Crippen LogP contribution is 2.21. The molecule has 1 saturated heterocycles. The van der Waals surface area contributed by atoms with Gasteiger partial charge in [0.25, 0.3) is 0 Å². The SMILES string of the molecule is C[C@H]1CNCCN1Cc1cccc(-c2ccnc(NCCc3cccs3)n2)c1. The fraction of sp³-hybridized carbons (Fsp3) is 0.364. The molecule has 146 valence electrons. The van der Waals surface area contributed by atoms with Crippen molar-refractivity contribution in [1.29, 1.82) is 0 Å². The summed E-state index contributed by atoms with van der Waals surface area (Å²) in [6.07, 6.45) is 2.82. The van der Waals surface area contributed by atoms with Crippen molar-refractivity contribution in [2.24, 2.45) is 0 Å². The third-order valence-corrected chi connectivity index (χ3v) is 6.07. The zero-order valence-corrected chi connectivity index (χ0v) is 17.1. The lowest BCUT2D eigenvalue weighted by atomic mass is 10.1. The molecule has 0 radical (unpaired) electrons. The van der Waals surface area contributed by atoms with Crippen LogP contribution in [0.25, 0.3) is 11.3 Å². The largest absolute Gasteiger partial charge is 0.354 e. The van der Waals surface area contributed by atoms with Gasteiger partial charge in [0.05, 0.1) is 5.69 Å². The van der Waals surface area contributed by atoms with E-state index < -0.39 is 0 Å². The van der Waals surface area contributed by atoms with Gasteiger partial charge >= 0.3 is 0 Å². The summed E-state index contributed by atoms with van der Waals surface area (Å²) in [6, 6.07) is 15.5. The molecule has 1 aromatic carbocycles. The fourth-order valence-corrected chi connectivity index (χ4v) is 4.25. The van der Waals surface area contributed by atoms with Crippen molar-refractivity contribution < 1.29 is 0 Å². The average Bonchev–Trinajstić information content (AvgIpc) is 3.24. The number of thiophene rings is 1. The number of nitrogens with zero attached hydrogens (tertiary/aromatic N) is 3. The maximum absolute atomic E-state index is 4.72. The predicted molar refractivity (Wildman–Crippen MR) is 117 cm³/mol. The number of anilines is 1. The minimum atomic E-state index is 0.565. The summed E-state index contributed by atoms with van der Waals surface area (Å²) in [5, 5.41) is 8.91. The van der Waals surface area contributed by atoms with E-state index in [0.717, 1.165) is 50.4 Å². The van der Waals surface area contributed by atoms with Crippen LogP contribution in [-0.2, 0) is 13.0 Å². The molecule has 0 saturated carbocycles. The predicted octanol–water partition coefficient (Wildman–Crippen LogP) is 3.65. The van der Waals surface area contributed by atoms with Gasteiger partial charge in [-0.3, -0.25) is 4.90 Å². The van der Waals surface area contributed by atoms with Crippen LogP contribution in [0, 0.1) is 0 Å². The van der Waals surface area contributed by atoms with E-state index in [1.807, 2.05) is 12.3 Å². The lowest BCUT2D eigenvalue weighted by molar-refractivity contribution is 0.165. The van der Waals surface area contributed by atoms with E-state index >= 15 is 0 Å². The number of benzene rings is 1. The van der Waals surface area contributed by atoms with E-state index in [1.165, 1.54) is 10.4 Å². The summed E-state index contributed by atoms with van der Waals surface area (Å²) < 4.78 is 0. The van der Waals surface area contributed by atoms with Gasteiger partial charge in [0, 0.05) is 55.4 Å². The van der Waals surface area contributed by atoms with Crippen molar-refractivity contribution in [2.45, 2.75) is 25.9 Å². The molecular weight excluding hydrogens is 366 g/mol. The Bertz CT molecular complexity index is 880. The molecule has 4 rings (SSSR count). The first-order chi connectivity index (χ1) is 13.8. The number of hydrogen-bond acceptors (Lipinski definition) is 6. The first-order valence-electron chi connectivity index (χ1n) is 9.91. The van der Waals surface area contributed by atoms with E-state index in [0.29, 0.717) is 12.0 Å². The number of nitrogens with one attached hydrogen (secondary N) is 2. The summed E-state index contributed by atoms with van der Waals surface area (Å²) in [5.41, 5.74) is 3.44. The molecule has 1 fully saturated rings. The Morgan fingerprint density at radius 2 is 2.21 bits per heavy atom. The first kappa shape index (κ1) is 19.1. The highest BCUT2D eigenvalue weighted by atomic mass is 32.1. The fourth-order valence-electron chi connectivity index (χ4n) is 3.54. The van der Waals surface area contributed by atoms with E-state index in [1.54, 1.807) is 11.3 Å². The molecule has 0 aliphatic carbocycles. The second-order valence-electron chi connectivity index (χ2n) is 7.25. The number of hydrogen-bond donors (Lipinski definition) is 2. The third-order valence-electron chi connectivity index (χ3n) is 5.14. The monoisotopic (exact) mass is 393 g/mol. The highest BCUT2D eigenvalue weighted by Gasteiger charge is 2.17. The molecule has 5 nitrogen and oxygen atoms in total. The smallest absolute Gasteiger partial charge is 0.223 e. The first-order valence-corrected chi connectivity index (χ1v) is 10.8. The van der Waals surface area contributed by atoms with Crippen LogP contribution in [0.1, 0.15) is 17.4 Å². The van der Waals surface area contributed by atoms with Crippen molar-refractivity contribution in [2.75, 3.05) is 31.5 Å². The molecule has 0 unspecified atom stereocenters. The molecule has 3 heterocycles. The molecular formula is C22H27N5S. The van der Waals surface area contributed by atoms with Crippen LogP contribution < -0.4 is 10.6 Å². The van der Waals surface area contributed by atoms with Gasteiger partial charge in [0.1, 0.15) is 0 Å². The molecule has 1 aliphatic rings. The maximum Gasteiger partial charge on any atom is 0.223 e. The van der Waals surface area contributed by atoms with Gasteiger partial charge in [-0.15, -0.1) is 11.3 Å². The Balaban J connectivity index is 1.42. The summed E-state index contributed by atoms with van der Waals surface area (Å²) in [6.45, 7) is 7.33. The van der Waals surface area contributed by atoms with E-state index in [-0.39, 0.29) is 0 Å². The minimum absolute atomic E-state index is 0.565. The topological polar surface area (TPSA) is 53.1 Å². The third kappa shape index (κ3) is 4.95. The Labute approximate surface area is 170 Å². The lowest BCUT2D eigenvalue weighted by Gasteiger charge is -2.33. The van der Waals surface area contributed by atoms with Crippen LogP contribution >= 0.6 is 11.3 Å². The van der Waals surface area contributed by atoms with Gasteiger partial charge in [-0.25, -0.2) is 9.97 Å². The van der Waals surface area contributed by atoms with Crippen molar-refractivity contribution >= 4 is 17.3 Å². The Morgan fingerprint density at radius 1 is 1.25 bits per heavy atom. The van der Waals surface area contributed by atoms with Crippen molar-refractivity contribution in [1.82, 2.24) is 20.2 Å². The van der Waals surface area contributed by atoms with Crippen LogP contribution in [-0.4, -0.2) is 47.1 Å². The van der Waals surface area contributed by atoms with E-state index in [4.69, 9.17) is 4.98 Å². The molecule has 0 spiro atoms. The second kappa shape index (κ2) is 9.28. The van der Waals surface area contributed by atoms with E-state index in [9.17, 15) is 0 Å². The van der Waals surface area contributed by atoms with Gasteiger partial charge in [-0.1, -0.05) is 24.3 Å². The molecule has 1 aliphatic heterocycles. The molecule has 6 heteroatoms. The van der Waals surface area contributed by atoms with Crippen LogP contribution in [0.2, 0.25) is 0 Å². The van der Waals surface area contributed by atoms with Crippen LogP contribution in [0.15, 0.2) is 54.0 Å². The molecule has 2 aromatic heterocycles. The average molecular weight is 394 g/mol. The standard InChI is InChI=1S/C22H27N5S/c1-17-15-23-11-12-27(17)16-18-4-2-5-19(14-18)21-8-10-25-22(26-21)24-9-7-20-6-3-13-28-20/h2-6,8,10,13-14,17,23H,7,9,11-12,15-16H2,1H3,(H,24,25,26)/t17-/m0/s1. The Morgan fingerprint density at radius 3 is 3.07 bits per heavy atom. The minimum Gasteiger partial charge on any atom is -0.354 e. The Kier molecular flexibility index (Phi) is 6.31. The summed E-state index contributed by atoms with van der Waals surface area (Å²) >= 11 is 1.79. The number of aromatic nitrogens is 2. The molecule has 3 aromatic rings. The molecule has 2 N–H and O–H groups in total. The lowest BCUT2D eigenvalue weighted by Crippen LogP contribution is -2.49. The summed E-state index contributed by atoms with van der Waals surface area (Å²) in [7, 11) is 0. The number of rotatable bonds is 7. The Hall–Kier alpha value is -2.28. The second-order valence-corrected chi connectivity index (χ2v) is 8.28. The van der Waals surface area contributed by atoms with Gasteiger partial charge in [0.15, 0.2) is 0 Å². The quantitative estimate of drug-likeness (QED) is 0.642. The van der Waals surface area contributed by atoms with Crippen LogP contribution in [0.4, 0.5) is 5.95 Å². The summed E-state index contributed by atoms with van der Waals surface area (Å²) in [5.74, 6) is 0.690. The van der Waals surface area contributed by atoms with Crippen LogP contribution in [0.5, 0.6) is 0 Å².